The van der Waals surface area contributed by atoms with E-state index in [4.69, 9.17) is 4.74 Å². The van der Waals surface area contributed by atoms with Gasteiger partial charge in [-0.05, 0) is 30.5 Å². The minimum Gasteiger partial charge on any atom is -0.490 e. The minimum absolute atomic E-state index is 0.207. The molecule has 1 N–H and O–H groups in total. The molecule has 0 bridgehead atoms. The van der Waals surface area contributed by atoms with Crippen molar-refractivity contribution in [1.29, 1.82) is 0 Å². The van der Waals surface area contributed by atoms with Crippen molar-refractivity contribution < 1.29 is 13.9 Å². The van der Waals surface area contributed by atoms with Crippen LogP contribution in [0, 0.1) is 5.82 Å². The Hall–Kier alpha value is -2.63. The molecule has 2 amide bonds. The molecule has 1 aromatic heterocycles. The van der Waals surface area contributed by atoms with Gasteiger partial charge in [0.2, 0.25) is 0 Å². The average Bonchev–Trinajstić information content (AvgIpc) is 2.79. The largest absolute Gasteiger partial charge is 0.490 e. The fraction of sp³-hybridized carbons (Fsp3) is 0.333. The van der Waals surface area contributed by atoms with Gasteiger partial charge in [0.05, 0.1) is 12.6 Å². The number of pyridine rings is 1. The summed E-state index contributed by atoms with van der Waals surface area (Å²) >= 11 is 0. The van der Waals surface area contributed by atoms with Gasteiger partial charge in [-0.3, -0.25) is 4.98 Å². The first kappa shape index (κ1) is 16.2. The van der Waals surface area contributed by atoms with Crippen molar-refractivity contribution in [2.45, 2.75) is 25.4 Å². The molecule has 0 saturated carbocycles. The van der Waals surface area contributed by atoms with Gasteiger partial charge in [-0.15, -0.1) is 0 Å². The summed E-state index contributed by atoms with van der Waals surface area (Å²) in [7, 11) is 1.72. The highest BCUT2D eigenvalue weighted by atomic mass is 19.1. The molecule has 0 saturated heterocycles. The number of carbonyl (C=O) groups is 1. The number of nitrogens with zero attached hydrogens (tertiary/aromatic N) is 2. The van der Waals surface area contributed by atoms with E-state index in [1.807, 2.05) is 12.1 Å². The zero-order valence-corrected chi connectivity index (χ0v) is 13.5. The Balaban J connectivity index is 1.71. The normalized spacial score (nSPS) is 16.5. The first-order chi connectivity index (χ1) is 11.6. The number of halogens is 1. The molecule has 1 aromatic carbocycles. The second-order valence-corrected chi connectivity index (χ2v) is 5.87. The van der Waals surface area contributed by atoms with E-state index in [1.165, 1.54) is 6.07 Å². The topological polar surface area (TPSA) is 54.5 Å². The Labute approximate surface area is 140 Å². The van der Waals surface area contributed by atoms with Crippen molar-refractivity contribution in [1.82, 2.24) is 15.2 Å². The molecule has 0 fully saturated rings. The summed E-state index contributed by atoms with van der Waals surface area (Å²) in [5.41, 5.74) is 1.64. The summed E-state index contributed by atoms with van der Waals surface area (Å²) in [6, 6.07) is 8.10. The van der Waals surface area contributed by atoms with Crippen molar-refractivity contribution in [3.05, 3.63) is 59.7 Å². The molecular formula is C18H20FN3O2. The maximum Gasteiger partial charge on any atom is 0.317 e. The quantitative estimate of drug-likeness (QED) is 0.940. The molecule has 0 aliphatic carbocycles. The van der Waals surface area contributed by atoms with Crippen LogP contribution in [-0.2, 0) is 6.54 Å². The number of aromatic nitrogens is 1. The van der Waals surface area contributed by atoms with E-state index in [0.29, 0.717) is 25.1 Å². The van der Waals surface area contributed by atoms with E-state index in [9.17, 15) is 9.18 Å². The van der Waals surface area contributed by atoms with Crippen LogP contribution in [0.4, 0.5) is 9.18 Å². The molecule has 24 heavy (non-hydrogen) atoms. The zero-order chi connectivity index (χ0) is 16.9. The third kappa shape index (κ3) is 3.64. The van der Waals surface area contributed by atoms with Crippen LogP contribution in [-0.4, -0.2) is 29.6 Å². The van der Waals surface area contributed by atoms with E-state index in [-0.39, 0.29) is 17.8 Å². The molecule has 1 aliphatic rings. The second-order valence-electron chi connectivity index (χ2n) is 5.87. The number of benzene rings is 1. The lowest BCUT2D eigenvalue weighted by atomic mass is 10.0. The monoisotopic (exact) mass is 329 g/mol. The number of nitrogens with one attached hydrogen (secondary N) is 1. The summed E-state index contributed by atoms with van der Waals surface area (Å²) < 4.78 is 19.5. The molecule has 1 atom stereocenters. The molecule has 0 unspecified atom stereocenters. The van der Waals surface area contributed by atoms with Gasteiger partial charge < -0.3 is 15.0 Å². The number of rotatable bonds is 3. The van der Waals surface area contributed by atoms with Crippen molar-refractivity contribution >= 4 is 6.03 Å². The van der Waals surface area contributed by atoms with Gasteiger partial charge in [-0.1, -0.05) is 18.2 Å². The van der Waals surface area contributed by atoms with Gasteiger partial charge in [-0.25, -0.2) is 9.18 Å². The highest BCUT2D eigenvalue weighted by Gasteiger charge is 2.24. The maximum absolute atomic E-state index is 14.0. The molecule has 2 heterocycles. The third-order valence-electron chi connectivity index (χ3n) is 4.04. The molecule has 1 aliphatic heterocycles. The number of hydrogen-bond donors (Lipinski definition) is 1. The van der Waals surface area contributed by atoms with E-state index in [2.05, 4.69) is 10.3 Å². The van der Waals surface area contributed by atoms with Crippen LogP contribution in [0.15, 0.2) is 42.7 Å². The standard InChI is InChI=1S/C18H20FN3O2/c1-22(12-13-5-3-9-20-11-13)18(23)21-16-8-4-10-24-17-14(16)6-2-7-15(17)19/h2-3,5-7,9,11,16H,4,8,10,12H2,1H3,(H,21,23)/t16-/m1/s1. The van der Waals surface area contributed by atoms with Crippen molar-refractivity contribution in [3.8, 4) is 5.75 Å². The Bertz CT molecular complexity index is 709. The minimum atomic E-state index is -0.391. The number of para-hydroxylation sites is 1. The SMILES string of the molecule is CN(Cc1cccnc1)C(=O)N[C@@H]1CCCOc2c(F)cccc21. The Morgan fingerprint density at radius 3 is 3.08 bits per heavy atom. The van der Waals surface area contributed by atoms with Crippen LogP contribution in [0.3, 0.4) is 0 Å². The summed E-state index contributed by atoms with van der Waals surface area (Å²) in [6.07, 6.45) is 4.89. The number of carbonyl (C=O) groups excluding carboxylic acids is 1. The van der Waals surface area contributed by atoms with Crippen LogP contribution in [0.25, 0.3) is 0 Å². The van der Waals surface area contributed by atoms with Crippen LogP contribution >= 0.6 is 0 Å². The first-order valence-corrected chi connectivity index (χ1v) is 7.97. The van der Waals surface area contributed by atoms with Crippen LogP contribution in [0.2, 0.25) is 0 Å². The molecular weight excluding hydrogens is 309 g/mol. The smallest absolute Gasteiger partial charge is 0.317 e. The lowest BCUT2D eigenvalue weighted by Gasteiger charge is -2.23. The van der Waals surface area contributed by atoms with Crippen LogP contribution in [0.5, 0.6) is 5.75 Å². The summed E-state index contributed by atoms with van der Waals surface area (Å²) in [5, 5.41) is 2.98. The van der Waals surface area contributed by atoms with E-state index in [1.54, 1.807) is 36.5 Å². The Morgan fingerprint density at radius 2 is 2.29 bits per heavy atom. The molecule has 0 spiro atoms. The average molecular weight is 329 g/mol. The van der Waals surface area contributed by atoms with Gasteiger partial charge in [0, 0.05) is 31.5 Å². The fourth-order valence-electron chi connectivity index (χ4n) is 2.82. The van der Waals surface area contributed by atoms with Gasteiger partial charge in [-0.2, -0.15) is 0 Å². The van der Waals surface area contributed by atoms with Crippen molar-refractivity contribution in [3.63, 3.8) is 0 Å². The van der Waals surface area contributed by atoms with Crippen molar-refractivity contribution in [2.24, 2.45) is 0 Å². The van der Waals surface area contributed by atoms with E-state index >= 15 is 0 Å². The predicted molar refractivity (Wildman–Crippen MR) is 88.1 cm³/mol. The molecule has 3 rings (SSSR count). The number of urea groups is 1. The fourth-order valence-corrected chi connectivity index (χ4v) is 2.82. The van der Waals surface area contributed by atoms with Crippen molar-refractivity contribution in [2.75, 3.05) is 13.7 Å². The second kappa shape index (κ2) is 7.29. The Kier molecular flexibility index (Phi) is 4.93. The number of amides is 2. The molecule has 2 aromatic rings. The predicted octanol–water partition coefficient (Wildman–Crippen LogP) is 3.28. The third-order valence-corrected chi connectivity index (χ3v) is 4.04. The first-order valence-electron chi connectivity index (χ1n) is 7.97. The molecule has 0 radical (unpaired) electrons. The van der Waals surface area contributed by atoms with Gasteiger partial charge in [0.25, 0.3) is 0 Å². The van der Waals surface area contributed by atoms with E-state index in [0.717, 1.165) is 12.0 Å². The summed E-state index contributed by atoms with van der Waals surface area (Å²) in [6.45, 7) is 0.907. The molecule has 6 heteroatoms. The number of ether oxygens (including phenoxy) is 1. The van der Waals surface area contributed by atoms with Gasteiger partial charge in [0.1, 0.15) is 0 Å². The lowest BCUT2D eigenvalue weighted by Crippen LogP contribution is -2.39. The maximum atomic E-state index is 14.0. The summed E-state index contributed by atoms with van der Waals surface area (Å²) in [4.78, 5) is 18.1. The zero-order valence-electron chi connectivity index (χ0n) is 13.5. The highest BCUT2D eigenvalue weighted by molar-refractivity contribution is 5.74. The highest BCUT2D eigenvalue weighted by Crippen LogP contribution is 2.33. The number of fused-ring (bicyclic) bond motifs is 1. The van der Waals surface area contributed by atoms with Gasteiger partial charge >= 0.3 is 6.03 Å². The van der Waals surface area contributed by atoms with E-state index < -0.39 is 5.82 Å². The molecule has 5 nitrogen and oxygen atoms in total. The van der Waals surface area contributed by atoms with Gasteiger partial charge in [0.15, 0.2) is 11.6 Å². The van der Waals surface area contributed by atoms with Crippen LogP contribution < -0.4 is 10.1 Å². The lowest BCUT2D eigenvalue weighted by molar-refractivity contribution is 0.202. The summed E-state index contributed by atoms with van der Waals surface area (Å²) in [5.74, 6) is -0.146. The molecule has 126 valence electrons. The van der Waals surface area contributed by atoms with Crippen LogP contribution in [0.1, 0.15) is 30.0 Å². The number of hydrogen-bond acceptors (Lipinski definition) is 3. The Morgan fingerprint density at radius 1 is 1.42 bits per heavy atom.